The Labute approximate surface area is 229 Å². The monoisotopic (exact) mass is 525 g/mol. The van der Waals surface area contributed by atoms with E-state index >= 15 is 0 Å². The molecule has 0 aliphatic rings. The van der Waals surface area contributed by atoms with Crippen LogP contribution in [-0.4, -0.2) is 26.3 Å². The number of aryl methyl sites for hydroxylation is 2. The number of benzene rings is 3. The number of hydrogen-bond donors (Lipinski definition) is 1. The number of methoxy groups -OCH3 is 1. The van der Waals surface area contributed by atoms with E-state index in [0.717, 1.165) is 11.3 Å². The number of ether oxygens (including phenoxy) is 2. The van der Waals surface area contributed by atoms with E-state index < -0.39 is 0 Å². The molecule has 194 valence electrons. The molecule has 3 aromatic carbocycles. The van der Waals surface area contributed by atoms with Crippen molar-refractivity contribution in [2.24, 2.45) is 0 Å². The van der Waals surface area contributed by atoms with Gasteiger partial charge in [0.2, 0.25) is 5.88 Å². The van der Waals surface area contributed by atoms with Crippen LogP contribution in [0.2, 0.25) is 0 Å². The third-order valence-corrected chi connectivity index (χ3v) is 6.83. The summed E-state index contributed by atoms with van der Waals surface area (Å²) in [4.78, 5) is 4.71. The van der Waals surface area contributed by atoms with Gasteiger partial charge in [-0.3, -0.25) is 4.40 Å². The number of hydrogen-bond acceptors (Lipinski definition) is 7. The van der Waals surface area contributed by atoms with E-state index in [1.807, 2.05) is 62.4 Å². The lowest BCUT2D eigenvalue weighted by atomic mass is 9.96. The van der Waals surface area contributed by atoms with Gasteiger partial charge in [0, 0.05) is 5.56 Å². The van der Waals surface area contributed by atoms with Crippen molar-refractivity contribution in [3.05, 3.63) is 95.2 Å². The van der Waals surface area contributed by atoms with Gasteiger partial charge in [-0.15, -0.1) is 0 Å². The average molecular weight is 526 g/mol. The molecule has 0 aliphatic carbocycles. The van der Waals surface area contributed by atoms with Crippen LogP contribution in [-0.2, 0) is 0 Å². The molecule has 0 saturated carbocycles. The highest BCUT2D eigenvalue weighted by Crippen LogP contribution is 2.44. The van der Waals surface area contributed by atoms with Crippen molar-refractivity contribution in [1.82, 2.24) is 19.2 Å². The van der Waals surface area contributed by atoms with Gasteiger partial charge in [-0.2, -0.15) is 20.3 Å². The predicted octanol–water partition coefficient (Wildman–Crippen LogP) is 6.08. The van der Waals surface area contributed by atoms with E-state index in [2.05, 4.69) is 12.1 Å². The van der Waals surface area contributed by atoms with Crippen LogP contribution in [0.1, 0.15) is 22.4 Å². The van der Waals surface area contributed by atoms with Crippen molar-refractivity contribution in [3.8, 4) is 46.3 Å². The molecule has 0 unspecified atom stereocenters. The van der Waals surface area contributed by atoms with Crippen LogP contribution >= 0.6 is 0 Å². The van der Waals surface area contributed by atoms with Crippen LogP contribution in [0.25, 0.3) is 33.5 Å². The third kappa shape index (κ3) is 3.77. The van der Waals surface area contributed by atoms with E-state index in [1.54, 1.807) is 40.5 Å². The van der Waals surface area contributed by atoms with Gasteiger partial charge in [0.15, 0.2) is 5.65 Å². The van der Waals surface area contributed by atoms with Gasteiger partial charge < -0.3 is 15.2 Å². The number of nitrogens with two attached hydrogens (primary N) is 1. The van der Waals surface area contributed by atoms with Crippen molar-refractivity contribution >= 4 is 22.5 Å². The Hall–Kier alpha value is -5.80. The fourth-order valence-corrected chi connectivity index (χ4v) is 4.89. The number of para-hydroxylation sites is 2. The van der Waals surface area contributed by atoms with E-state index in [4.69, 9.17) is 25.3 Å². The molecule has 0 fully saturated rings. The molecule has 0 atom stereocenters. The Kier molecular flexibility index (Phi) is 5.83. The normalized spacial score (nSPS) is 10.9. The van der Waals surface area contributed by atoms with Crippen molar-refractivity contribution in [1.29, 1.82) is 10.5 Å². The zero-order valence-electron chi connectivity index (χ0n) is 22.0. The van der Waals surface area contributed by atoms with Crippen LogP contribution < -0.4 is 15.2 Å². The minimum atomic E-state index is 0.137. The minimum Gasteiger partial charge on any atom is -0.497 e. The zero-order valence-corrected chi connectivity index (χ0v) is 22.0. The summed E-state index contributed by atoms with van der Waals surface area (Å²) in [5, 5.41) is 25.6. The quantitative estimate of drug-likeness (QED) is 0.289. The molecule has 3 heterocycles. The summed E-state index contributed by atoms with van der Waals surface area (Å²) >= 11 is 0. The zero-order chi connectivity index (χ0) is 28.0. The molecule has 3 aromatic heterocycles. The Morgan fingerprint density at radius 2 is 1.50 bits per heavy atom. The van der Waals surface area contributed by atoms with E-state index in [0.29, 0.717) is 50.9 Å². The standard InChI is InChI=1S/C31H23N7O2/c1-18-8-10-20(11-9-18)38-31(40-22-14-12-21(39-3)13-15-22)27(19(2)36-38)28-23(16-32)29(34)37-26-7-5-4-6-25(26)35-30(37)24(28)17-33/h4-15H,34H2,1-3H3. The summed E-state index contributed by atoms with van der Waals surface area (Å²) in [7, 11) is 1.59. The van der Waals surface area contributed by atoms with Crippen LogP contribution in [0.4, 0.5) is 5.82 Å². The largest absolute Gasteiger partial charge is 0.497 e. The fraction of sp³-hybridized carbons (Fsp3) is 0.0968. The van der Waals surface area contributed by atoms with Gasteiger partial charge in [0.05, 0.1) is 35.1 Å². The SMILES string of the molecule is COc1ccc(Oc2c(-c3c(C#N)c(N)n4c(nc5ccccc54)c3C#N)c(C)nn2-c2ccc(C)cc2)cc1. The Morgan fingerprint density at radius 1 is 0.825 bits per heavy atom. The molecule has 40 heavy (non-hydrogen) atoms. The molecule has 0 aliphatic heterocycles. The molecule has 9 nitrogen and oxygen atoms in total. The van der Waals surface area contributed by atoms with Gasteiger partial charge in [0.1, 0.15) is 40.6 Å². The van der Waals surface area contributed by atoms with Crippen LogP contribution in [0.15, 0.2) is 72.8 Å². The predicted molar refractivity (Wildman–Crippen MR) is 152 cm³/mol. The molecule has 0 saturated heterocycles. The molecule has 6 aromatic rings. The number of fused-ring (bicyclic) bond motifs is 3. The highest BCUT2D eigenvalue weighted by Gasteiger charge is 2.30. The van der Waals surface area contributed by atoms with Crippen molar-refractivity contribution in [3.63, 3.8) is 0 Å². The molecular formula is C31H23N7O2. The second kappa shape index (κ2) is 9.50. The number of imidazole rings is 1. The summed E-state index contributed by atoms with van der Waals surface area (Å²) in [5.41, 5.74) is 11.9. The summed E-state index contributed by atoms with van der Waals surface area (Å²) in [6.45, 7) is 3.81. The number of nitriles is 2. The minimum absolute atomic E-state index is 0.137. The maximum absolute atomic E-state index is 10.5. The molecule has 6 rings (SSSR count). The lowest BCUT2D eigenvalue weighted by Gasteiger charge is -2.15. The third-order valence-electron chi connectivity index (χ3n) is 6.83. The van der Waals surface area contributed by atoms with Gasteiger partial charge in [-0.25, -0.2) is 4.98 Å². The maximum atomic E-state index is 10.5. The smallest absolute Gasteiger partial charge is 0.230 e. The molecule has 0 spiro atoms. The number of pyridine rings is 1. The number of nitrogen functional groups attached to an aromatic ring is 1. The van der Waals surface area contributed by atoms with Gasteiger partial charge in [-0.1, -0.05) is 29.8 Å². The number of anilines is 1. The molecular weight excluding hydrogens is 502 g/mol. The Bertz CT molecular complexity index is 2010. The average Bonchev–Trinajstić information content (AvgIpc) is 3.51. The van der Waals surface area contributed by atoms with E-state index in [9.17, 15) is 10.5 Å². The van der Waals surface area contributed by atoms with Crippen molar-refractivity contribution in [2.45, 2.75) is 13.8 Å². The highest BCUT2D eigenvalue weighted by molar-refractivity contribution is 5.94. The van der Waals surface area contributed by atoms with Gasteiger partial charge >= 0.3 is 0 Å². The summed E-state index contributed by atoms with van der Waals surface area (Å²) in [6, 6.07) is 26.9. The van der Waals surface area contributed by atoms with E-state index in [1.165, 1.54) is 0 Å². The molecule has 2 N–H and O–H groups in total. The summed E-state index contributed by atoms with van der Waals surface area (Å²) in [5.74, 6) is 1.71. The van der Waals surface area contributed by atoms with E-state index in [-0.39, 0.29) is 16.9 Å². The maximum Gasteiger partial charge on any atom is 0.230 e. The first-order chi connectivity index (χ1) is 19.4. The lowest BCUT2D eigenvalue weighted by molar-refractivity contribution is 0.411. The van der Waals surface area contributed by atoms with Crippen molar-refractivity contribution in [2.75, 3.05) is 12.8 Å². The lowest BCUT2D eigenvalue weighted by Crippen LogP contribution is -2.06. The highest BCUT2D eigenvalue weighted by atomic mass is 16.5. The molecule has 9 heteroatoms. The molecule has 0 amide bonds. The van der Waals surface area contributed by atoms with Crippen molar-refractivity contribution < 1.29 is 9.47 Å². The molecule has 0 bridgehead atoms. The Balaban J connectivity index is 1.70. The fourth-order valence-electron chi connectivity index (χ4n) is 4.89. The summed E-state index contributed by atoms with van der Waals surface area (Å²) < 4.78 is 15.1. The van der Waals surface area contributed by atoms with Crippen LogP contribution in [0.5, 0.6) is 17.4 Å². The number of aromatic nitrogens is 4. The second-order valence-electron chi connectivity index (χ2n) is 9.28. The first kappa shape index (κ1) is 24.5. The summed E-state index contributed by atoms with van der Waals surface area (Å²) in [6.07, 6.45) is 0. The molecule has 0 radical (unpaired) electrons. The van der Waals surface area contributed by atoms with Gasteiger partial charge in [0.25, 0.3) is 0 Å². The first-order valence-corrected chi connectivity index (χ1v) is 12.5. The number of rotatable bonds is 5. The van der Waals surface area contributed by atoms with Gasteiger partial charge in [-0.05, 0) is 62.4 Å². The topological polar surface area (TPSA) is 127 Å². The Morgan fingerprint density at radius 3 is 2.17 bits per heavy atom. The number of nitrogens with zero attached hydrogens (tertiary/aromatic N) is 6. The van der Waals surface area contributed by atoms with Crippen LogP contribution in [0, 0.1) is 36.5 Å². The van der Waals surface area contributed by atoms with Crippen LogP contribution in [0.3, 0.4) is 0 Å². The second-order valence-corrected chi connectivity index (χ2v) is 9.28. The first-order valence-electron chi connectivity index (χ1n) is 12.5.